The van der Waals surface area contributed by atoms with E-state index >= 15 is 0 Å². The average molecular weight is 375 g/mol. The Bertz CT molecular complexity index is 721. The molecule has 0 saturated carbocycles. The number of halogens is 1. The summed E-state index contributed by atoms with van der Waals surface area (Å²) in [6.07, 6.45) is 3.54. The van der Waals surface area contributed by atoms with Crippen LogP contribution in [0.2, 0.25) is 0 Å². The number of rotatable bonds is 4. The van der Waals surface area contributed by atoms with Gasteiger partial charge in [0.25, 0.3) is 11.8 Å². The molecule has 0 fully saturated rings. The number of hydrogen-bond acceptors (Lipinski definition) is 4. The van der Waals surface area contributed by atoms with Crippen molar-refractivity contribution in [1.29, 1.82) is 5.26 Å². The van der Waals surface area contributed by atoms with Crippen LogP contribution >= 0.6 is 15.9 Å². The number of anilines is 1. The van der Waals surface area contributed by atoms with Crippen molar-refractivity contribution in [3.8, 4) is 11.8 Å². The van der Waals surface area contributed by atoms with E-state index in [0.717, 1.165) is 17.3 Å². The summed E-state index contributed by atoms with van der Waals surface area (Å²) in [5, 5.41) is 8.58. The molecule has 0 unspecified atom stereocenters. The molecule has 1 aromatic rings. The molecule has 0 radical (unpaired) electrons. The number of nitrogens with zero attached hydrogens (tertiary/aromatic N) is 2. The van der Waals surface area contributed by atoms with Crippen LogP contribution in [0, 0.1) is 11.3 Å². The first-order valence-electron chi connectivity index (χ1n) is 7.53. The first-order chi connectivity index (χ1) is 11.1. The lowest BCUT2D eigenvalue weighted by atomic mass is 9.93. The number of imide groups is 1. The molecule has 118 valence electrons. The molecule has 1 heterocycles. The second-order valence-electron chi connectivity index (χ2n) is 5.48. The van der Waals surface area contributed by atoms with Gasteiger partial charge in [-0.15, -0.1) is 0 Å². The Morgan fingerprint density at radius 3 is 2.43 bits per heavy atom. The van der Waals surface area contributed by atoms with Crippen LogP contribution in [-0.4, -0.2) is 18.4 Å². The summed E-state index contributed by atoms with van der Waals surface area (Å²) >= 11 is 3.38. The number of carbonyl (C=O) groups excluding carboxylic acids is 2. The molecule has 0 bridgehead atoms. The fourth-order valence-electron chi connectivity index (χ4n) is 2.92. The Hall–Kier alpha value is -2.13. The summed E-state index contributed by atoms with van der Waals surface area (Å²) in [6, 6.07) is 7.13. The zero-order valence-corrected chi connectivity index (χ0v) is 14.1. The Morgan fingerprint density at radius 1 is 1.17 bits per heavy atom. The molecular formula is C17H15BrN2O3. The van der Waals surface area contributed by atoms with E-state index in [-0.39, 0.29) is 24.8 Å². The summed E-state index contributed by atoms with van der Waals surface area (Å²) in [5.74, 6) is 0.0909. The molecule has 0 aromatic heterocycles. The highest BCUT2D eigenvalue weighted by Crippen LogP contribution is 2.38. The molecule has 0 spiro atoms. The largest absolute Gasteiger partial charge is 0.491 e. The molecule has 2 amide bonds. The lowest BCUT2D eigenvalue weighted by Crippen LogP contribution is -2.31. The molecule has 0 atom stereocenters. The van der Waals surface area contributed by atoms with Crippen LogP contribution in [0.15, 0.2) is 33.8 Å². The second-order valence-corrected chi connectivity index (χ2v) is 6.34. The molecule has 2 aliphatic rings. The van der Waals surface area contributed by atoms with Gasteiger partial charge in [-0.25, -0.2) is 4.90 Å². The summed E-state index contributed by atoms with van der Waals surface area (Å²) < 4.78 is 6.25. The van der Waals surface area contributed by atoms with E-state index in [2.05, 4.69) is 15.9 Å². The summed E-state index contributed by atoms with van der Waals surface area (Å²) in [4.78, 5) is 26.4. The predicted octanol–water partition coefficient (Wildman–Crippen LogP) is 3.49. The SMILES string of the molecule is N#CCCOc1cc(N2C(=O)C3=C(CCCC3)C2=O)ccc1Br. The number of amides is 2. The molecule has 3 rings (SSSR count). The van der Waals surface area contributed by atoms with E-state index in [1.165, 1.54) is 4.90 Å². The van der Waals surface area contributed by atoms with Gasteiger partial charge in [0.1, 0.15) is 12.4 Å². The molecule has 1 aliphatic carbocycles. The van der Waals surface area contributed by atoms with E-state index in [0.29, 0.717) is 35.4 Å². The highest BCUT2D eigenvalue weighted by atomic mass is 79.9. The Balaban J connectivity index is 1.88. The number of benzene rings is 1. The fourth-order valence-corrected chi connectivity index (χ4v) is 3.28. The first-order valence-corrected chi connectivity index (χ1v) is 8.33. The maximum Gasteiger partial charge on any atom is 0.261 e. The van der Waals surface area contributed by atoms with Crippen LogP contribution in [0.3, 0.4) is 0 Å². The van der Waals surface area contributed by atoms with Gasteiger partial charge in [0.2, 0.25) is 0 Å². The van der Waals surface area contributed by atoms with E-state index in [4.69, 9.17) is 10.00 Å². The van der Waals surface area contributed by atoms with Crippen LogP contribution in [-0.2, 0) is 9.59 Å². The normalized spacial score (nSPS) is 17.3. The van der Waals surface area contributed by atoms with E-state index in [1.807, 2.05) is 6.07 Å². The smallest absolute Gasteiger partial charge is 0.261 e. The van der Waals surface area contributed by atoms with Crippen molar-refractivity contribution in [2.45, 2.75) is 32.1 Å². The molecule has 0 N–H and O–H groups in total. The quantitative estimate of drug-likeness (QED) is 0.597. The zero-order valence-electron chi connectivity index (χ0n) is 12.5. The molecule has 1 aliphatic heterocycles. The molecular weight excluding hydrogens is 360 g/mol. The third-order valence-corrected chi connectivity index (χ3v) is 4.69. The number of carbonyl (C=O) groups is 2. The van der Waals surface area contributed by atoms with Crippen LogP contribution < -0.4 is 9.64 Å². The number of ether oxygens (including phenoxy) is 1. The standard InChI is InChI=1S/C17H15BrN2O3/c18-14-7-6-11(10-15(14)23-9-3-8-19)20-16(21)12-4-1-2-5-13(12)17(20)22/h6-7,10H,1-5,9H2. The van der Waals surface area contributed by atoms with Crippen LogP contribution in [0.25, 0.3) is 0 Å². The van der Waals surface area contributed by atoms with Crippen molar-refractivity contribution in [3.63, 3.8) is 0 Å². The van der Waals surface area contributed by atoms with Gasteiger partial charge < -0.3 is 4.74 Å². The fraction of sp³-hybridized carbons (Fsp3) is 0.353. The number of hydrogen-bond donors (Lipinski definition) is 0. The van der Waals surface area contributed by atoms with Gasteiger partial charge in [0.05, 0.1) is 22.7 Å². The van der Waals surface area contributed by atoms with Crippen LogP contribution in [0.1, 0.15) is 32.1 Å². The molecule has 1 aromatic carbocycles. The summed E-state index contributed by atoms with van der Waals surface area (Å²) in [6.45, 7) is 0.259. The van der Waals surface area contributed by atoms with Gasteiger partial charge in [0.15, 0.2) is 0 Å². The van der Waals surface area contributed by atoms with Gasteiger partial charge in [0, 0.05) is 17.2 Å². The monoisotopic (exact) mass is 374 g/mol. The maximum absolute atomic E-state index is 12.6. The van der Waals surface area contributed by atoms with Crippen molar-refractivity contribution in [3.05, 3.63) is 33.8 Å². The minimum absolute atomic E-state index is 0.213. The topological polar surface area (TPSA) is 70.4 Å². The van der Waals surface area contributed by atoms with Crippen LogP contribution in [0.4, 0.5) is 5.69 Å². The predicted molar refractivity (Wildman–Crippen MR) is 87.9 cm³/mol. The van der Waals surface area contributed by atoms with Gasteiger partial charge in [-0.1, -0.05) is 0 Å². The van der Waals surface area contributed by atoms with Crippen molar-refractivity contribution in [2.24, 2.45) is 0 Å². The minimum Gasteiger partial charge on any atom is -0.491 e. The minimum atomic E-state index is -0.213. The highest BCUT2D eigenvalue weighted by molar-refractivity contribution is 9.10. The van der Waals surface area contributed by atoms with Crippen LogP contribution in [0.5, 0.6) is 5.75 Å². The first kappa shape index (κ1) is 15.8. The summed E-state index contributed by atoms with van der Waals surface area (Å²) in [5.41, 5.74) is 1.83. The van der Waals surface area contributed by atoms with Crippen molar-refractivity contribution < 1.29 is 14.3 Å². The Labute approximate surface area is 142 Å². The van der Waals surface area contributed by atoms with Gasteiger partial charge in [-0.05, 0) is 53.7 Å². The van der Waals surface area contributed by atoms with Crippen molar-refractivity contribution >= 4 is 33.4 Å². The van der Waals surface area contributed by atoms with E-state index in [9.17, 15) is 9.59 Å². The van der Waals surface area contributed by atoms with E-state index in [1.54, 1.807) is 18.2 Å². The Kier molecular flexibility index (Phi) is 4.49. The lowest BCUT2D eigenvalue weighted by Gasteiger charge is -2.17. The second kappa shape index (κ2) is 6.55. The maximum atomic E-state index is 12.6. The third-order valence-electron chi connectivity index (χ3n) is 4.03. The summed E-state index contributed by atoms with van der Waals surface area (Å²) in [7, 11) is 0. The van der Waals surface area contributed by atoms with E-state index < -0.39 is 0 Å². The third kappa shape index (κ3) is 2.89. The van der Waals surface area contributed by atoms with Crippen molar-refractivity contribution in [1.82, 2.24) is 0 Å². The van der Waals surface area contributed by atoms with Gasteiger partial charge >= 0.3 is 0 Å². The average Bonchev–Trinajstić information content (AvgIpc) is 2.82. The lowest BCUT2D eigenvalue weighted by molar-refractivity contribution is -0.120. The van der Waals surface area contributed by atoms with Gasteiger partial charge in [-0.3, -0.25) is 9.59 Å². The highest BCUT2D eigenvalue weighted by Gasteiger charge is 2.39. The Morgan fingerprint density at radius 2 is 1.83 bits per heavy atom. The molecule has 5 nitrogen and oxygen atoms in total. The zero-order chi connectivity index (χ0) is 16.4. The molecule has 6 heteroatoms. The van der Waals surface area contributed by atoms with Crippen molar-refractivity contribution in [2.75, 3.05) is 11.5 Å². The number of nitriles is 1. The molecule has 23 heavy (non-hydrogen) atoms. The molecule has 0 saturated heterocycles. The van der Waals surface area contributed by atoms with Gasteiger partial charge in [-0.2, -0.15) is 5.26 Å².